The van der Waals surface area contributed by atoms with Crippen molar-refractivity contribution >= 4 is 17.6 Å². The molecule has 6 heteroatoms. The number of esters is 1. The van der Waals surface area contributed by atoms with Gasteiger partial charge in [0.15, 0.2) is 0 Å². The van der Waals surface area contributed by atoms with Crippen LogP contribution in [-0.2, 0) is 17.9 Å². The van der Waals surface area contributed by atoms with E-state index < -0.39 is 5.97 Å². The van der Waals surface area contributed by atoms with Crippen LogP contribution in [0.2, 0.25) is 5.02 Å². The first-order chi connectivity index (χ1) is 12.5. The Morgan fingerprint density at radius 2 is 1.92 bits per heavy atom. The van der Waals surface area contributed by atoms with Gasteiger partial charge in [-0.3, -0.25) is 9.48 Å². The molecule has 134 valence electrons. The normalized spacial score (nSPS) is 10.8. The fourth-order valence-corrected chi connectivity index (χ4v) is 2.89. The van der Waals surface area contributed by atoms with Crippen molar-refractivity contribution < 1.29 is 9.53 Å². The van der Waals surface area contributed by atoms with Crippen LogP contribution >= 0.6 is 11.6 Å². The van der Waals surface area contributed by atoms with Gasteiger partial charge in [-0.2, -0.15) is 0 Å². The highest BCUT2D eigenvalue weighted by atomic mass is 35.5. The number of ether oxygens (including phenoxy) is 1. The first-order valence-corrected chi connectivity index (χ1v) is 8.64. The number of halogens is 1. The molecule has 3 rings (SSSR count). The van der Waals surface area contributed by atoms with Crippen LogP contribution < -0.4 is 10.5 Å². The average molecular weight is 370 g/mol. The van der Waals surface area contributed by atoms with E-state index in [1.165, 1.54) is 12.5 Å². The van der Waals surface area contributed by atoms with Crippen molar-refractivity contribution in [3.63, 3.8) is 0 Å². The monoisotopic (exact) mass is 369 g/mol. The van der Waals surface area contributed by atoms with E-state index in [2.05, 4.69) is 29.4 Å². The molecule has 1 aromatic heterocycles. The number of nitrogens with two attached hydrogens (primary N) is 1. The van der Waals surface area contributed by atoms with E-state index in [9.17, 15) is 4.79 Å². The number of aromatic nitrogens is 2. The zero-order valence-corrected chi connectivity index (χ0v) is 15.5. The number of carbonyl (C=O) groups excluding carboxylic acids is 1. The fourth-order valence-electron chi connectivity index (χ4n) is 2.70. The largest absolute Gasteiger partial charge is 0.406 e. The van der Waals surface area contributed by atoms with Gasteiger partial charge in [-0.05, 0) is 30.2 Å². The van der Waals surface area contributed by atoms with Gasteiger partial charge in [-0.15, -0.1) is 5.10 Å². The lowest BCUT2D eigenvalue weighted by Gasteiger charge is -2.10. The van der Waals surface area contributed by atoms with Gasteiger partial charge in [0, 0.05) is 30.1 Å². The Kier molecular flexibility index (Phi) is 5.40. The zero-order chi connectivity index (χ0) is 18.7. The first-order valence-electron chi connectivity index (χ1n) is 8.27. The summed E-state index contributed by atoms with van der Waals surface area (Å²) in [4.78, 5) is 11.3. The maximum atomic E-state index is 11.3. The highest BCUT2D eigenvalue weighted by Crippen LogP contribution is 2.28. The molecule has 0 fully saturated rings. The van der Waals surface area contributed by atoms with Gasteiger partial charge >= 0.3 is 5.97 Å². The molecule has 0 spiro atoms. The number of hydrogen-bond acceptors (Lipinski definition) is 4. The van der Waals surface area contributed by atoms with Crippen LogP contribution in [0.5, 0.6) is 5.88 Å². The minimum Gasteiger partial charge on any atom is -0.406 e. The molecule has 0 bridgehead atoms. The van der Waals surface area contributed by atoms with E-state index in [-0.39, 0.29) is 5.88 Å². The molecule has 2 N–H and O–H groups in total. The van der Waals surface area contributed by atoms with Crippen LogP contribution in [0.1, 0.15) is 23.6 Å². The van der Waals surface area contributed by atoms with Crippen LogP contribution in [0.25, 0.3) is 11.3 Å². The molecule has 5 nitrogen and oxygen atoms in total. The Hall–Kier alpha value is -2.63. The molecule has 0 amide bonds. The summed E-state index contributed by atoms with van der Waals surface area (Å²) in [6.45, 7) is 4.30. The molecule has 1 heterocycles. The van der Waals surface area contributed by atoms with Gasteiger partial charge in [0.2, 0.25) is 5.88 Å². The predicted octanol–water partition coefficient (Wildman–Crippen LogP) is 3.94. The van der Waals surface area contributed by atoms with Crippen molar-refractivity contribution in [2.75, 3.05) is 0 Å². The summed E-state index contributed by atoms with van der Waals surface area (Å²) >= 11 is 6.17. The first kappa shape index (κ1) is 18.2. The van der Waals surface area contributed by atoms with Crippen LogP contribution in [-0.4, -0.2) is 15.7 Å². The third-order valence-corrected chi connectivity index (χ3v) is 4.39. The molecule has 0 aliphatic heterocycles. The van der Waals surface area contributed by atoms with Crippen LogP contribution in [0.3, 0.4) is 0 Å². The van der Waals surface area contributed by atoms with E-state index >= 15 is 0 Å². The predicted molar refractivity (Wildman–Crippen MR) is 102 cm³/mol. The van der Waals surface area contributed by atoms with E-state index in [4.69, 9.17) is 22.1 Å². The summed E-state index contributed by atoms with van der Waals surface area (Å²) in [5.41, 5.74) is 10.6. The van der Waals surface area contributed by atoms with E-state index in [1.54, 1.807) is 6.07 Å². The quantitative estimate of drug-likeness (QED) is 0.691. The van der Waals surface area contributed by atoms with Crippen molar-refractivity contribution in [1.29, 1.82) is 0 Å². The standard InChI is InChI=1S/C20H20ClN3O2/c1-13-3-5-15(6-4-13)12-24-19(10-20(23-24)26-14(2)25)16-7-8-18(21)17(9-16)11-22/h3-10H,11-12,22H2,1-2H3. The second-order valence-corrected chi connectivity index (χ2v) is 6.52. The molecule has 26 heavy (non-hydrogen) atoms. The summed E-state index contributed by atoms with van der Waals surface area (Å²) in [5.74, 6) is -0.140. The van der Waals surface area contributed by atoms with Gasteiger partial charge in [0.1, 0.15) is 0 Å². The lowest BCUT2D eigenvalue weighted by atomic mass is 10.1. The Labute approximate surface area is 157 Å². The average Bonchev–Trinajstić information content (AvgIpc) is 2.99. The molecule has 0 saturated heterocycles. The van der Waals surface area contributed by atoms with Crippen LogP contribution in [0.4, 0.5) is 0 Å². The minimum absolute atomic E-state index is 0.267. The summed E-state index contributed by atoms with van der Waals surface area (Å²) in [5, 5.41) is 5.06. The van der Waals surface area contributed by atoms with Crippen molar-refractivity contribution in [3.8, 4) is 17.1 Å². The van der Waals surface area contributed by atoms with E-state index in [1.807, 2.05) is 29.8 Å². The number of nitrogens with zero attached hydrogens (tertiary/aromatic N) is 2. The molecule has 0 atom stereocenters. The van der Waals surface area contributed by atoms with Crippen molar-refractivity contribution in [2.24, 2.45) is 5.73 Å². The zero-order valence-electron chi connectivity index (χ0n) is 14.7. The SMILES string of the molecule is CC(=O)Oc1cc(-c2ccc(Cl)c(CN)c2)n(Cc2ccc(C)cc2)n1. The topological polar surface area (TPSA) is 70.1 Å². The molecular weight excluding hydrogens is 350 g/mol. The lowest BCUT2D eigenvalue weighted by molar-refractivity contribution is -0.132. The van der Waals surface area contributed by atoms with Gasteiger partial charge in [-0.25, -0.2) is 0 Å². The highest BCUT2D eigenvalue weighted by molar-refractivity contribution is 6.31. The summed E-state index contributed by atoms with van der Waals surface area (Å²) in [6, 6.07) is 15.6. The van der Waals surface area contributed by atoms with Crippen molar-refractivity contribution in [2.45, 2.75) is 26.9 Å². The fraction of sp³-hybridized carbons (Fsp3) is 0.200. The molecule has 0 radical (unpaired) electrons. The Morgan fingerprint density at radius 1 is 1.19 bits per heavy atom. The highest BCUT2D eigenvalue weighted by Gasteiger charge is 2.14. The van der Waals surface area contributed by atoms with Crippen LogP contribution in [0.15, 0.2) is 48.5 Å². The Balaban J connectivity index is 2.03. The van der Waals surface area contributed by atoms with E-state index in [0.717, 1.165) is 22.4 Å². The smallest absolute Gasteiger partial charge is 0.309 e. The minimum atomic E-state index is -0.407. The number of hydrogen-bond donors (Lipinski definition) is 1. The number of carbonyl (C=O) groups is 1. The molecule has 0 aliphatic carbocycles. The molecule has 0 saturated carbocycles. The van der Waals surface area contributed by atoms with Crippen molar-refractivity contribution in [1.82, 2.24) is 9.78 Å². The van der Waals surface area contributed by atoms with Gasteiger partial charge in [0.25, 0.3) is 0 Å². The van der Waals surface area contributed by atoms with E-state index in [0.29, 0.717) is 18.1 Å². The third-order valence-electron chi connectivity index (χ3n) is 4.02. The number of rotatable bonds is 5. The van der Waals surface area contributed by atoms with Crippen molar-refractivity contribution in [3.05, 3.63) is 70.2 Å². The Morgan fingerprint density at radius 3 is 2.58 bits per heavy atom. The molecule has 0 aliphatic rings. The second kappa shape index (κ2) is 7.72. The van der Waals surface area contributed by atoms with Gasteiger partial charge in [0.05, 0.1) is 12.2 Å². The van der Waals surface area contributed by atoms with Gasteiger partial charge < -0.3 is 10.5 Å². The third kappa shape index (κ3) is 4.12. The summed E-state index contributed by atoms with van der Waals surface area (Å²) in [6.07, 6.45) is 0. The molecular formula is C20H20ClN3O2. The second-order valence-electron chi connectivity index (χ2n) is 6.12. The summed E-state index contributed by atoms with van der Waals surface area (Å²) in [7, 11) is 0. The van der Waals surface area contributed by atoms with Crippen LogP contribution in [0, 0.1) is 6.92 Å². The number of aryl methyl sites for hydroxylation is 1. The lowest BCUT2D eigenvalue weighted by Crippen LogP contribution is -2.06. The maximum Gasteiger partial charge on any atom is 0.309 e. The maximum absolute atomic E-state index is 11.3. The molecule has 2 aromatic carbocycles. The van der Waals surface area contributed by atoms with Gasteiger partial charge in [-0.1, -0.05) is 47.5 Å². The summed E-state index contributed by atoms with van der Waals surface area (Å²) < 4.78 is 6.98. The molecule has 3 aromatic rings. The molecule has 0 unspecified atom stereocenters. The Bertz CT molecular complexity index is 933. The number of benzene rings is 2.